The van der Waals surface area contributed by atoms with Crippen LogP contribution in [0.15, 0.2) is 23.3 Å². The highest BCUT2D eigenvalue weighted by molar-refractivity contribution is 5.77. The number of carbonyl (C=O) groups excluding carboxylic acids is 1. The molecule has 0 unspecified atom stereocenters. The lowest BCUT2D eigenvalue weighted by Gasteiger charge is -2.31. The van der Waals surface area contributed by atoms with Crippen molar-refractivity contribution in [3.63, 3.8) is 0 Å². The molecule has 1 rings (SSSR count). The Kier molecular flexibility index (Phi) is 5.64. The normalized spacial score (nSPS) is 23.2. The van der Waals surface area contributed by atoms with E-state index in [2.05, 4.69) is 26.0 Å². The molecular weight excluding hydrogens is 224 g/mol. The molecule has 0 aromatic rings. The van der Waals surface area contributed by atoms with Gasteiger partial charge in [-0.3, -0.25) is 4.79 Å². The van der Waals surface area contributed by atoms with Gasteiger partial charge in [0.25, 0.3) is 0 Å². The molecule has 0 aromatic carbocycles. The number of ether oxygens (including phenoxy) is 1. The van der Waals surface area contributed by atoms with Crippen molar-refractivity contribution in [2.45, 2.75) is 59.8 Å². The number of carbonyl (C=O) groups is 1. The summed E-state index contributed by atoms with van der Waals surface area (Å²) >= 11 is 0. The first-order valence-corrected chi connectivity index (χ1v) is 6.96. The number of hydrogen-bond acceptors (Lipinski definition) is 2. The van der Waals surface area contributed by atoms with E-state index in [-0.39, 0.29) is 11.4 Å². The Morgan fingerprint density at radius 3 is 2.83 bits per heavy atom. The van der Waals surface area contributed by atoms with E-state index in [9.17, 15) is 4.79 Å². The van der Waals surface area contributed by atoms with Crippen LogP contribution in [0.4, 0.5) is 0 Å². The summed E-state index contributed by atoms with van der Waals surface area (Å²) in [7, 11) is 0. The smallest absolute Gasteiger partial charge is 0.312 e. The summed E-state index contributed by atoms with van der Waals surface area (Å²) in [6.45, 7) is 8.63. The summed E-state index contributed by atoms with van der Waals surface area (Å²) in [5.74, 6) is -0.0298. The molecule has 0 fully saturated rings. The van der Waals surface area contributed by atoms with Crippen molar-refractivity contribution in [1.82, 2.24) is 0 Å². The Morgan fingerprint density at radius 1 is 1.50 bits per heavy atom. The Labute approximate surface area is 111 Å². The van der Waals surface area contributed by atoms with Crippen molar-refractivity contribution in [1.29, 1.82) is 0 Å². The molecular formula is C16H26O2. The molecule has 102 valence electrons. The van der Waals surface area contributed by atoms with Crippen LogP contribution in [0.5, 0.6) is 0 Å². The van der Waals surface area contributed by atoms with Crippen LogP contribution in [0.25, 0.3) is 0 Å². The van der Waals surface area contributed by atoms with E-state index in [1.54, 1.807) is 0 Å². The number of allylic oxidation sites excluding steroid dienone is 4. The molecule has 0 saturated carbocycles. The quantitative estimate of drug-likeness (QED) is 0.533. The zero-order valence-electron chi connectivity index (χ0n) is 12.2. The lowest BCUT2D eigenvalue weighted by Crippen LogP contribution is -2.32. The van der Waals surface area contributed by atoms with Gasteiger partial charge in [-0.2, -0.15) is 0 Å². The zero-order valence-corrected chi connectivity index (χ0v) is 12.2. The predicted octanol–water partition coefficient (Wildman–Crippen LogP) is 4.41. The van der Waals surface area contributed by atoms with Crippen LogP contribution in [-0.4, -0.2) is 12.6 Å². The third-order valence-corrected chi connectivity index (χ3v) is 3.53. The molecule has 0 bridgehead atoms. The maximum atomic E-state index is 12.0. The van der Waals surface area contributed by atoms with Crippen molar-refractivity contribution < 1.29 is 9.53 Å². The van der Waals surface area contributed by atoms with Gasteiger partial charge in [0, 0.05) is 0 Å². The monoisotopic (exact) mass is 250 g/mol. The summed E-state index contributed by atoms with van der Waals surface area (Å²) in [6, 6.07) is 0. The Morgan fingerprint density at radius 2 is 2.22 bits per heavy atom. The van der Waals surface area contributed by atoms with Gasteiger partial charge >= 0.3 is 5.97 Å². The fraction of sp³-hybridized carbons (Fsp3) is 0.688. The maximum Gasteiger partial charge on any atom is 0.312 e. The minimum Gasteiger partial charge on any atom is -0.466 e. The standard InChI is InChI=1S/C16H26O2/c1-5-18-15(17)16(4)11-7-10-14(12-16)9-6-8-13(2)3/h8,10H,5-7,9,11-12H2,1-4H3/t16-/m0/s1. The van der Waals surface area contributed by atoms with Crippen molar-refractivity contribution in [3.8, 4) is 0 Å². The molecule has 0 aromatic heterocycles. The van der Waals surface area contributed by atoms with Crippen LogP contribution < -0.4 is 0 Å². The Hall–Kier alpha value is -1.05. The first kappa shape index (κ1) is 15.0. The minimum atomic E-state index is -0.301. The van der Waals surface area contributed by atoms with Gasteiger partial charge in [-0.1, -0.05) is 23.3 Å². The highest BCUT2D eigenvalue weighted by atomic mass is 16.5. The molecule has 1 aliphatic carbocycles. The van der Waals surface area contributed by atoms with Crippen LogP contribution in [0, 0.1) is 5.41 Å². The van der Waals surface area contributed by atoms with Gasteiger partial charge in [-0.15, -0.1) is 0 Å². The number of hydrogen-bond donors (Lipinski definition) is 0. The SMILES string of the molecule is CCOC(=O)[C@@]1(C)CCC=C(CCC=C(C)C)C1. The first-order valence-electron chi connectivity index (χ1n) is 6.96. The lowest BCUT2D eigenvalue weighted by atomic mass is 9.74. The van der Waals surface area contributed by atoms with Crippen LogP contribution in [0.3, 0.4) is 0 Å². The fourth-order valence-electron chi connectivity index (χ4n) is 2.47. The Balaban J connectivity index is 2.56. The second-order valence-corrected chi connectivity index (χ2v) is 5.68. The Bertz CT molecular complexity index is 348. The number of rotatable bonds is 5. The van der Waals surface area contributed by atoms with E-state index in [0.717, 1.165) is 32.1 Å². The van der Waals surface area contributed by atoms with Crippen LogP contribution in [-0.2, 0) is 9.53 Å². The highest BCUT2D eigenvalue weighted by Crippen LogP contribution is 2.38. The molecule has 2 heteroatoms. The largest absolute Gasteiger partial charge is 0.466 e. The maximum absolute atomic E-state index is 12.0. The zero-order chi connectivity index (χ0) is 13.6. The van der Waals surface area contributed by atoms with Crippen LogP contribution in [0.2, 0.25) is 0 Å². The topological polar surface area (TPSA) is 26.3 Å². The molecule has 1 aliphatic rings. The van der Waals surface area contributed by atoms with Crippen LogP contribution in [0.1, 0.15) is 59.8 Å². The second kappa shape index (κ2) is 6.77. The molecule has 0 heterocycles. The van der Waals surface area contributed by atoms with E-state index in [1.165, 1.54) is 11.1 Å². The molecule has 18 heavy (non-hydrogen) atoms. The summed E-state index contributed by atoms with van der Waals surface area (Å²) in [5.41, 5.74) is 2.47. The molecule has 0 aliphatic heterocycles. The van der Waals surface area contributed by atoms with E-state index in [4.69, 9.17) is 4.74 Å². The van der Waals surface area contributed by atoms with Gasteiger partial charge in [0.2, 0.25) is 0 Å². The van der Waals surface area contributed by atoms with E-state index in [0.29, 0.717) is 6.61 Å². The molecule has 0 amide bonds. The van der Waals surface area contributed by atoms with Gasteiger partial charge in [0.05, 0.1) is 12.0 Å². The van der Waals surface area contributed by atoms with Crippen LogP contribution >= 0.6 is 0 Å². The minimum absolute atomic E-state index is 0.0298. The van der Waals surface area contributed by atoms with Gasteiger partial charge in [0.1, 0.15) is 0 Å². The lowest BCUT2D eigenvalue weighted by molar-refractivity contribution is -0.155. The van der Waals surface area contributed by atoms with Crippen molar-refractivity contribution in [3.05, 3.63) is 23.3 Å². The van der Waals surface area contributed by atoms with Gasteiger partial charge in [-0.25, -0.2) is 0 Å². The average Bonchev–Trinajstić information content (AvgIpc) is 2.29. The van der Waals surface area contributed by atoms with Crippen molar-refractivity contribution in [2.75, 3.05) is 6.61 Å². The van der Waals surface area contributed by atoms with E-state index in [1.807, 2.05) is 13.8 Å². The number of esters is 1. The summed E-state index contributed by atoms with van der Waals surface area (Å²) in [6.07, 6.45) is 9.49. The molecule has 0 saturated heterocycles. The van der Waals surface area contributed by atoms with Crippen molar-refractivity contribution in [2.24, 2.45) is 5.41 Å². The van der Waals surface area contributed by atoms with E-state index >= 15 is 0 Å². The fourth-order valence-corrected chi connectivity index (χ4v) is 2.47. The molecule has 0 N–H and O–H groups in total. The molecule has 1 atom stereocenters. The van der Waals surface area contributed by atoms with Gasteiger partial charge < -0.3 is 4.74 Å². The third-order valence-electron chi connectivity index (χ3n) is 3.53. The first-order chi connectivity index (χ1) is 8.48. The van der Waals surface area contributed by atoms with E-state index < -0.39 is 0 Å². The molecule has 2 nitrogen and oxygen atoms in total. The average molecular weight is 250 g/mol. The summed E-state index contributed by atoms with van der Waals surface area (Å²) in [5, 5.41) is 0. The second-order valence-electron chi connectivity index (χ2n) is 5.68. The van der Waals surface area contributed by atoms with Gasteiger partial charge in [0.15, 0.2) is 0 Å². The molecule has 0 spiro atoms. The summed E-state index contributed by atoms with van der Waals surface area (Å²) in [4.78, 5) is 12.0. The molecule has 0 radical (unpaired) electrons. The third kappa shape index (κ3) is 4.32. The van der Waals surface area contributed by atoms with Crippen molar-refractivity contribution >= 4 is 5.97 Å². The van der Waals surface area contributed by atoms with Gasteiger partial charge in [-0.05, 0) is 59.8 Å². The summed E-state index contributed by atoms with van der Waals surface area (Å²) < 4.78 is 5.20. The predicted molar refractivity (Wildman–Crippen MR) is 75.3 cm³/mol. The highest BCUT2D eigenvalue weighted by Gasteiger charge is 2.36.